The standard InChI is InChI=1S/C7H8N4OS/c1-4(8)7-10-6(11-12-7)5-2-13-3-9-5/h2-4H,8H2,1H3/t4-/m0/s1. The van der Waals surface area contributed by atoms with Crippen LogP contribution in [-0.4, -0.2) is 15.1 Å². The van der Waals surface area contributed by atoms with Gasteiger partial charge < -0.3 is 10.3 Å². The van der Waals surface area contributed by atoms with Crippen molar-refractivity contribution in [3.8, 4) is 11.5 Å². The monoisotopic (exact) mass is 196 g/mol. The molecule has 1 atom stereocenters. The molecule has 0 aromatic carbocycles. The van der Waals surface area contributed by atoms with Crippen molar-refractivity contribution in [2.24, 2.45) is 5.73 Å². The van der Waals surface area contributed by atoms with E-state index >= 15 is 0 Å². The Morgan fingerprint density at radius 2 is 2.46 bits per heavy atom. The van der Waals surface area contributed by atoms with Gasteiger partial charge in [-0.05, 0) is 6.92 Å². The van der Waals surface area contributed by atoms with Gasteiger partial charge in [-0.3, -0.25) is 0 Å². The summed E-state index contributed by atoms with van der Waals surface area (Å²) in [6, 6.07) is -0.236. The van der Waals surface area contributed by atoms with Gasteiger partial charge in [-0.25, -0.2) is 4.98 Å². The second-order valence-electron chi connectivity index (χ2n) is 2.62. The third kappa shape index (κ3) is 1.58. The van der Waals surface area contributed by atoms with Crippen LogP contribution < -0.4 is 5.73 Å². The first-order valence-electron chi connectivity index (χ1n) is 3.75. The Kier molecular flexibility index (Phi) is 2.07. The second kappa shape index (κ2) is 3.23. The van der Waals surface area contributed by atoms with Crippen LogP contribution in [0, 0.1) is 0 Å². The van der Waals surface area contributed by atoms with E-state index < -0.39 is 0 Å². The lowest BCUT2D eigenvalue weighted by Crippen LogP contribution is -2.04. The summed E-state index contributed by atoms with van der Waals surface area (Å²) in [5, 5.41) is 5.61. The minimum Gasteiger partial charge on any atom is -0.337 e. The van der Waals surface area contributed by atoms with Gasteiger partial charge in [0, 0.05) is 5.38 Å². The fraction of sp³-hybridized carbons (Fsp3) is 0.286. The molecule has 0 aliphatic heterocycles. The van der Waals surface area contributed by atoms with Gasteiger partial charge in [-0.15, -0.1) is 11.3 Å². The highest BCUT2D eigenvalue weighted by atomic mass is 32.1. The van der Waals surface area contributed by atoms with Crippen LogP contribution in [0.15, 0.2) is 15.4 Å². The molecule has 2 rings (SSSR count). The maximum absolute atomic E-state index is 5.57. The van der Waals surface area contributed by atoms with Crippen molar-refractivity contribution in [1.29, 1.82) is 0 Å². The molecular formula is C7H8N4OS. The van der Waals surface area contributed by atoms with Crippen molar-refractivity contribution < 1.29 is 4.52 Å². The van der Waals surface area contributed by atoms with Crippen LogP contribution in [0.1, 0.15) is 18.9 Å². The molecule has 0 unspecified atom stereocenters. The highest BCUT2D eigenvalue weighted by Gasteiger charge is 2.12. The zero-order chi connectivity index (χ0) is 9.26. The maximum Gasteiger partial charge on any atom is 0.243 e. The first-order valence-corrected chi connectivity index (χ1v) is 4.69. The van der Waals surface area contributed by atoms with Gasteiger partial charge >= 0.3 is 0 Å². The van der Waals surface area contributed by atoms with Gasteiger partial charge in [0.1, 0.15) is 5.69 Å². The number of nitrogens with zero attached hydrogens (tertiary/aromatic N) is 3. The van der Waals surface area contributed by atoms with Crippen LogP contribution in [0.2, 0.25) is 0 Å². The van der Waals surface area contributed by atoms with Gasteiger partial charge in [0.05, 0.1) is 11.6 Å². The van der Waals surface area contributed by atoms with Crippen LogP contribution in [0.25, 0.3) is 11.5 Å². The molecule has 0 amide bonds. The van der Waals surface area contributed by atoms with E-state index in [0.717, 1.165) is 5.69 Å². The molecule has 0 fully saturated rings. The van der Waals surface area contributed by atoms with Gasteiger partial charge in [0.2, 0.25) is 11.7 Å². The van der Waals surface area contributed by atoms with E-state index in [-0.39, 0.29) is 6.04 Å². The SMILES string of the molecule is C[C@H](N)c1nc(-c2cscn2)no1. The van der Waals surface area contributed by atoms with Crippen LogP contribution in [-0.2, 0) is 0 Å². The maximum atomic E-state index is 5.57. The zero-order valence-corrected chi connectivity index (χ0v) is 7.78. The molecule has 2 aromatic rings. The number of hydrogen-bond acceptors (Lipinski definition) is 6. The summed E-state index contributed by atoms with van der Waals surface area (Å²) in [5.41, 5.74) is 8.01. The highest BCUT2D eigenvalue weighted by Crippen LogP contribution is 2.16. The first kappa shape index (κ1) is 8.33. The molecule has 2 N–H and O–H groups in total. The van der Waals surface area contributed by atoms with Crippen molar-refractivity contribution >= 4 is 11.3 Å². The zero-order valence-electron chi connectivity index (χ0n) is 6.97. The molecule has 6 heteroatoms. The predicted octanol–water partition coefficient (Wildman–Crippen LogP) is 1.21. The lowest BCUT2D eigenvalue weighted by molar-refractivity contribution is 0.362. The summed E-state index contributed by atoms with van der Waals surface area (Å²) in [4.78, 5) is 8.15. The fourth-order valence-corrected chi connectivity index (χ4v) is 1.38. The molecule has 0 saturated heterocycles. The summed E-state index contributed by atoms with van der Waals surface area (Å²) in [7, 11) is 0. The van der Waals surface area contributed by atoms with Crippen molar-refractivity contribution in [2.75, 3.05) is 0 Å². The van der Waals surface area contributed by atoms with E-state index in [1.807, 2.05) is 5.38 Å². The van der Waals surface area contributed by atoms with Crippen molar-refractivity contribution in [3.63, 3.8) is 0 Å². The molecule has 0 saturated carbocycles. The van der Waals surface area contributed by atoms with E-state index in [4.69, 9.17) is 10.3 Å². The molecule has 0 aliphatic carbocycles. The Labute approximate surface area is 78.6 Å². The minimum absolute atomic E-state index is 0.236. The van der Waals surface area contributed by atoms with E-state index in [1.165, 1.54) is 11.3 Å². The lowest BCUT2D eigenvalue weighted by Gasteiger charge is -1.92. The average molecular weight is 196 g/mol. The van der Waals surface area contributed by atoms with Crippen LogP contribution >= 0.6 is 11.3 Å². The Bertz CT molecular complexity index is 381. The van der Waals surface area contributed by atoms with E-state index in [9.17, 15) is 0 Å². The normalized spacial score (nSPS) is 13.1. The van der Waals surface area contributed by atoms with Crippen molar-refractivity contribution in [1.82, 2.24) is 15.1 Å². The van der Waals surface area contributed by atoms with Gasteiger partial charge in [0.25, 0.3) is 0 Å². The summed E-state index contributed by atoms with van der Waals surface area (Å²) >= 11 is 1.49. The second-order valence-corrected chi connectivity index (χ2v) is 3.34. The van der Waals surface area contributed by atoms with Gasteiger partial charge in [-0.2, -0.15) is 4.98 Å². The third-order valence-electron chi connectivity index (χ3n) is 1.49. The Morgan fingerprint density at radius 1 is 1.62 bits per heavy atom. The third-order valence-corrected chi connectivity index (χ3v) is 2.08. The molecular weight excluding hydrogens is 188 g/mol. The fourth-order valence-electron chi connectivity index (χ4n) is 0.847. The molecule has 5 nitrogen and oxygen atoms in total. The topological polar surface area (TPSA) is 77.8 Å². The smallest absolute Gasteiger partial charge is 0.243 e. The minimum atomic E-state index is -0.236. The molecule has 0 spiro atoms. The van der Waals surface area contributed by atoms with E-state index in [0.29, 0.717) is 11.7 Å². The predicted molar refractivity (Wildman–Crippen MR) is 48.0 cm³/mol. The van der Waals surface area contributed by atoms with Gasteiger partial charge in [0.15, 0.2) is 0 Å². The molecule has 13 heavy (non-hydrogen) atoms. The van der Waals surface area contributed by atoms with Crippen molar-refractivity contribution in [2.45, 2.75) is 13.0 Å². The Morgan fingerprint density at radius 3 is 3.00 bits per heavy atom. The number of nitrogens with two attached hydrogens (primary N) is 1. The molecule has 2 heterocycles. The van der Waals surface area contributed by atoms with Crippen molar-refractivity contribution in [3.05, 3.63) is 16.8 Å². The number of aromatic nitrogens is 3. The number of hydrogen-bond donors (Lipinski definition) is 1. The summed E-state index contributed by atoms with van der Waals surface area (Å²) in [5.74, 6) is 0.927. The Hall–Kier alpha value is -1.27. The van der Waals surface area contributed by atoms with Crippen LogP contribution in [0.5, 0.6) is 0 Å². The summed E-state index contributed by atoms with van der Waals surface area (Å²) in [6.45, 7) is 1.79. The average Bonchev–Trinajstić information content (AvgIpc) is 2.75. The van der Waals surface area contributed by atoms with Gasteiger partial charge in [-0.1, -0.05) is 5.16 Å². The molecule has 0 bridgehead atoms. The molecule has 0 aliphatic rings. The largest absolute Gasteiger partial charge is 0.337 e. The van der Waals surface area contributed by atoms with E-state index in [2.05, 4.69) is 15.1 Å². The highest BCUT2D eigenvalue weighted by molar-refractivity contribution is 7.07. The summed E-state index contributed by atoms with van der Waals surface area (Å²) in [6.07, 6.45) is 0. The molecule has 2 aromatic heterocycles. The van der Waals surface area contributed by atoms with Crippen LogP contribution in [0.3, 0.4) is 0 Å². The van der Waals surface area contributed by atoms with Crippen LogP contribution in [0.4, 0.5) is 0 Å². The first-order chi connectivity index (χ1) is 6.27. The Balaban J connectivity index is 2.33. The lowest BCUT2D eigenvalue weighted by atomic mass is 10.4. The quantitative estimate of drug-likeness (QED) is 0.781. The molecule has 0 radical (unpaired) electrons. The van der Waals surface area contributed by atoms with E-state index in [1.54, 1.807) is 12.4 Å². The number of rotatable bonds is 2. The molecule has 68 valence electrons. The summed E-state index contributed by atoms with van der Waals surface area (Å²) < 4.78 is 4.93. The number of thiazole rings is 1.